The lowest BCUT2D eigenvalue weighted by Gasteiger charge is -2.21. The van der Waals surface area contributed by atoms with E-state index in [1.165, 1.54) is 0 Å². The van der Waals surface area contributed by atoms with Crippen LogP contribution in [0.15, 0.2) is 18.3 Å². The molecule has 5 heteroatoms. The van der Waals surface area contributed by atoms with Gasteiger partial charge in [-0.3, -0.25) is 5.10 Å². The lowest BCUT2D eigenvalue weighted by atomic mass is 10.0. The SMILES string of the molecule is Cc1[nH]ncc1-c1cc(N)cc2c1OCCO2. The maximum atomic E-state index is 5.87. The molecule has 3 N–H and O–H groups in total. The number of nitrogen functional groups attached to an aromatic ring is 1. The number of anilines is 1. The molecule has 1 aliphatic heterocycles. The molecule has 0 amide bonds. The molecule has 1 aromatic carbocycles. The zero-order valence-corrected chi connectivity index (χ0v) is 9.49. The number of benzene rings is 1. The number of nitrogens with one attached hydrogen (secondary N) is 1. The van der Waals surface area contributed by atoms with Crippen LogP contribution in [0.1, 0.15) is 5.69 Å². The van der Waals surface area contributed by atoms with Crippen LogP contribution in [0, 0.1) is 6.92 Å². The van der Waals surface area contributed by atoms with Crippen LogP contribution in [0.4, 0.5) is 5.69 Å². The minimum Gasteiger partial charge on any atom is -0.486 e. The molecule has 1 aromatic heterocycles. The highest BCUT2D eigenvalue weighted by molar-refractivity contribution is 5.78. The highest BCUT2D eigenvalue weighted by atomic mass is 16.6. The number of hydrogen-bond donors (Lipinski definition) is 2. The van der Waals surface area contributed by atoms with Crippen molar-refractivity contribution >= 4 is 5.69 Å². The van der Waals surface area contributed by atoms with Crippen LogP contribution in [-0.2, 0) is 0 Å². The Balaban J connectivity index is 2.22. The van der Waals surface area contributed by atoms with E-state index < -0.39 is 0 Å². The molecular weight excluding hydrogens is 218 g/mol. The summed E-state index contributed by atoms with van der Waals surface area (Å²) in [5, 5.41) is 6.92. The van der Waals surface area contributed by atoms with Crippen LogP contribution >= 0.6 is 0 Å². The first kappa shape index (κ1) is 10.0. The van der Waals surface area contributed by atoms with Gasteiger partial charge in [-0.25, -0.2) is 0 Å². The highest BCUT2D eigenvalue weighted by Crippen LogP contribution is 2.42. The molecule has 17 heavy (non-hydrogen) atoms. The summed E-state index contributed by atoms with van der Waals surface area (Å²) < 4.78 is 11.2. The van der Waals surface area contributed by atoms with Crippen LogP contribution in [0.25, 0.3) is 11.1 Å². The molecule has 0 fully saturated rings. The molecule has 0 aliphatic carbocycles. The highest BCUT2D eigenvalue weighted by Gasteiger charge is 2.19. The Hall–Kier alpha value is -2.17. The second kappa shape index (κ2) is 3.69. The number of aromatic nitrogens is 2. The van der Waals surface area contributed by atoms with Crippen LogP contribution in [0.5, 0.6) is 11.5 Å². The normalized spacial score (nSPS) is 13.7. The first-order chi connectivity index (χ1) is 8.25. The Bertz CT molecular complexity index is 563. The molecule has 88 valence electrons. The van der Waals surface area contributed by atoms with Gasteiger partial charge in [0.1, 0.15) is 13.2 Å². The number of aromatic amines is 1. The maximum absolute atomic E-state index is 5.87. The van der Waals surface area contributed by atoms with Gasteiger partial charge >= 0.3 is 0 Å². The predicted molar refractivity (Wildman–Crippen MR) is 64.2 cm³/mol. The lowest BCUT2D eigenvalue weighted by Crippen LogP contribution is -2.16. The lowest BCUT2D eigenvalue weighted by molar-refractivity contribution is 0.172. The number of hydrogen-bond acceptors (Lipinski definition) is 4. The summed E-state index contributed by atoms with van der Waals surface area (Å²) in [6, 6.07) is 3.67. The first-order valence-corrected chi connectivity index (χ1v) is 5.45. The van der Waals surface area contributed by atoms with E-state index in [4.69, 9.17) is 15.2 Å². The quantitative estimate of drug-likeness (QED) is 0.733. The Morgan fingerprint density at radius 1 is 1.24 bits per heavy atom. The monoisotopic (exact) mass is 231 g/mol. The van der Waals surface area contributed by atoms with E-state index in [9.17, 15) is 0 Å². The second-order valence-electron chi connectivity index (χ2n) is 4.00. The largest absolute Gasteiger partial charge is 0.486 e. The van der Waals surface area contributed by atoms with Crippen molar-refractivity contribution in [2.45, 2.75) is 6.92 Å². The summed E-state index contributed by atoms with van der Waals surface area (Å²) in [6.45, 7) is 3.07. The van der Waals surface area contributed by atoms with Crippen LogP contribution in [-0.4, -0.2) is 23.4 Å². The van der Waals surface area contributed by atoms with E-state index in [-0.39, 0.29) is 0 Å². The van der Waals surface area contributed by atoms with E-state index in [0.717, 1.165) is 22.6 Å². The molecule has 0 bridgehead atoms. The minimum atomic E-state index is 0.556. The Morgan fingerprint density at radius 2 is 2.06 bits per heavy atom. The number of nitrogens with zero attached hydrogens (tertiary/aromatic N) is 1. The van der Waals surface area contributed by atoms with Gasteiger partial charge in [0, 0.05) is 28.6 Å². The van der Waals surface area contributed by atoms with E-state index in [1.807, 2.05) is 13.0 Å². The van der Waals surface area contributed by atoms with Gasteiger partial charge in [0.2, 0.25) is 0 Å². The summed E-state index contributed by atoms with van der Waals surface area (Å²) in [5.41, 5.74) is 9.42. The molecular formula is C12H13N3O2. The summed E-state index contributed by atoms with van der Waals surface area (Å²) in [7, 11) is 0. The van der Waals surface area contributed by atoms with Crippen LogP contribution < -0.4 is 15.2 Å². The molecule has 5 nitrogen and oxygen atoms in total. The summed E-state index contributed by atoms with van der Waals surface area (Å²) in [6.07, 6.45) is 1.77. The summed E-state index contributed by atoms with van der Waals surface area (Å²) in [5.74, 6) is 1.45. The second-order valence-corrected chi connectivity index (χ2v) is 4.00. The molecule has 3 rings (SSSR count). The van der Waals surface area contributed by atoms with Crippen molar-refractivity contribution in [1.29, 1.82) is 0 Å². The van der Waals surface area contributed by atoms with E-state index in [0.29, 0.717) is 24.7 Å². The topological polar surface area (TPSA) is 73.2 Å². The number of ether oxygens (including phenoxy) is 2. The van der Waals surface area contributed by atoms with Gasteiger partial charge < -0.3 is 15.2 Å². The fraction of sp³-hybridized carbons (Fsp3) is 0.250. The third-order valence-electron chi connectivity index (χ3n) is 2.78. The standard InChI is InChI=1S/C12H13N3O2/c1-7-10(6-14-15-7)9-4-8(13)5-11-12(9)17-3-2-16-11/h4-6H,2-3,13H2,1H3,(H,14,15). The van der Waals surface area contributed by atoms with Gasteiger partial charge in [-0.05, 0) is 13.0 Å². The molecule has 0 radical (unpaired) electrons. The molecule has 0 saturated heterocycles. The van der Waals surface area contributed by atoms with Gasteiger partial charge in [0.25, 0.3) is 0 Å². The van der Waals surface area contributed by atoms with E-state index in [1.54, 1.807) is 12.3 Å². The third-order valence-corrected chi connectivity index (χ3v) is 2.78. The van der Waals surface area contributed by atoms with Crippen molar-refractivity contribution in [3.8, 4) is 22.6 Å². The zero-order chi connectivity index (χ0) is 11.8. The fourth-order valence-corrected chi connectivity index (χ4v) is 2.00. The Morgan fingerprint density at radius 3 is 2.82 bits per heavy atom. The molecule has 2 heterocycles. The van der Waals surface area contributed by atoms with Gasteiger partial charge in [0.05, 0.1) is 6.20 Å². The number of fused-ring (bicyclic) bond motifs is 1. The van der Waals surface area contributed by atoms with Gasteiger partial charge in [-0.15, -0.1) is 0 Å². The molecule has 0 saturated carbocycles. The molecule has 0 unspecified atom stereocenters. The van der Waals surface area contributed by atoms with Crippen LogP contribution in [0.2, 0.25) is 0 Å². The van der Waals surface area contributed by atoms with Crippen molar-refractivity contribution in [1.82, 2.24) is 10.2 Å². The third kappa shape index (κ3) is 1.60. The average Bonchev–Trinajstić information content (AvgIpc) is 2.74. The van der Waals surface area contributed by atoms with Crippen molar-refractivity contribution in [3.05, 3.63) is 24.0 Å². The number of aryl methyl sites for hydroxylation is 1. The fourth-order valence-electron chi connectivity index (χ4n) is 2.00. The molecule has 2 aromatic rings. The number of H-pyrrole nitrogens is 1. The van der Waals surface area contributed by atoms with Gasteiger partial charge in [0.15, 0.2) is 11.5 Å². The Kier molecular flexibility index (Phi) is 2.18. The smallest absolute Gasteiger partial charge is 0.169 e. The van der Waals surface area contributed by atoms with Crippen LogP contribution in [0.3, 0.4) is 0 Å². The number of nitrogens with two attached hydrogens (primary N) is 1. The number of rotatable bonds is 1. The minimum absolute atomic E-state index is 0.556. The summed E-state index contributed by atoms with van der Waals surface area (Å²) in [4.78, 5) is 0. The molecule has 0 spiro atoms. The Labute approximate surface area is 98.5 Å². The van der Waals surface area contributed by atoms with Crippen molar-refractivity contribution in [2.75, 3.05) is 18.9 Å². The first-order valence-electron chi connectivity index (χ1n) is 5.45. The molecule has 1 aliphatic rings. The van der Waals surface area contributed by atoms with Crippen molar-refractivity contribution in [3.63, 3.8) is 0 Å². The van der Waals surface area contributed by atoms with Crippen molar-refractivity contribution in [2.24, 2.45) is 0 Å². The molecule has 0 atom stereocenters. The van der Waals surface area contributed by atoms with Gasteiger partial charge in [-0.1, -0.05) is 0 Å². The van der Waals surface area contributed by atoms with Crippen molar-refractivity contribution < 1.29 is 9.47 Å². The maximum Gasteiger partial charge on any atom is 0.169 e. The predicted octanol–water partition coefficient (Wildman–Crippen LogP) is 1.74. The average molecular weight is 231 g/mol. The zero-order valence-electron chi connectivity index (χ0n) is 9.49. The van der Waals surface area contributed by atoms with Gasteiger partial charge in [-0.2, -0.15) is 5.10 Å². The van der Waals surface area contributed by atoms with E-state index in [2.05, 4.69) is 10.2 Å². The van der Waals surface area contributed by atoms with E-state index >= 15 is 0 Å². The summed E-state index contributed by atoms with van der Waals surface area (Å²) >= 11 is 0.